The van der Waals surface area contributed by atoms with E-state index in [1.165, 1.54) is 0 Å². The van der Waals surface area contributed by atoms with Crippen molar-refractivity contribution in [1.29, 1.82) is 0 Å². The van der Waals surface area contributed by atoms with Crippen LogP contribution in [-0.2, 0) is 34.0 Å². The Hall–Kier alpha value is -6.52. The van der Waals surface area contributed by atoms with E-state index in [9.17, 15) is 47.7 Å². The second-order valence-corrected chi connectivity index (χ2v) is 28.0. The molecular weight excluding hydrogens is 1130 g/mol. The lowest BCUT2D eigenvalue weighted by Gasteiger charge is -2.63. The zero-order chi connectivity index (χ0) is 62.7. The van der Waals surface area contributed by atoms with Crippen LogP contribution in [0, 0.1) is 46.3 Å². The molecule has 87 heavy (non-hydrogen) atoms. The Morgan fingerprint density at radius 1 is 0.759 bits per heavy atom. The molecule has 0 aliphatic heterocycles. The number of hydrogen-bond acceptors (Lipinski definition) is 14. The number of anilines is 2. The van der Waals surface area contributed by atoms with E-state index in [1.54, 1.807) is 57.4 Å². The summed E-state index contributed by atoms with van der Waals surface area (Å²) in [6.45, 7) is 12.0. The molecule has 8 rings (SSSR count). The summed E-state index contributed by atoms with van der Waals surface area (Å²) >= 11 is 0. The highest BCUT2D eigenvalue weighted by atomic mass is 32.2. The SMILES string of the molecule is CC(CCC(=O)NCCS(=O)(=O)O)C1CCC2C3C(O)CC4CC(NC(=O)CCC(=O)NC(CCCCNC(=O)OC(C)(C)C)C(=O)Nc5ccccc5C(Nc5ccccn5)C(c5ccccn5)C(O)c5ccccc5)CC[C@]4(C)C3C[C@H](O)[C@]12C. The Bertz CT molecular complexity index is 3070. The monoisotopic (exact) mass is 1220 g/mol. The summed E-state index contributed by atoms with van der Waals surface area (Å²) in [5, 5.41) is 54.7. The Kier molecular flexibility index (Phi) is 22.3. The van der Waals surface area contributed by atoms with Gasteiger partial charge in [-0.3, -0.25) is 28.7 Å². The maximum Gasteiger partial charge on any atom is 0.407 e. The van der Waals surface area contributed by atoms with E-state index in [-0.39, 0.29) is 97.6 Å². The first kappa shape index (κ1) is 66.4. The molecule has 4 aliphatic carbocycles. The fourth-order valence-electron chi connectivity index (χ4n) is 15.3. The molecule has 474 valence electrons. The van der Waals surface area contributed by atoms with E-state index in [0.29, 0.717) is 73.3 Å². The average molecular weight is 1220 g/mol. The molecule has 20 nitrogen and oxygen atoms in total. The third-order valence-corrected chi connectivity index (χ3v) is 20.4. The molecule has 4 fully saturated rings. The lowest BCUT2D eigenvalue weighted by atomic mass is 9.43. The van der Waals surface area contributed by atoms with Gasteiger partial charge in [-0.15, -0.1) is 0 Å². The van der Waals surface area contributed by atoms with Gasteiger partial charge in [0.25, 0.3) is 10.1 Å². The summed E-state index contributed by atoms with van der Waals surface area (Å²) < 4.78 is 36.7. The topological polar surface area (TPSA) is 308 Å². The maximum absolute atomic E-state index is 14.7. The van der Waals surface area contributed by atoms with Crippen LogP contribution in [0.4, 0.5) is 16.3 Å². The second kappa shape index (κ2) is 29.2. The molecule has 21 heteroatoms. The number of ether oxygens (including phenoxy) is 1. The molecule has 2 aromatic heterocycles. The molecule has 0 saturated heterocycles. The van der Waals surface area contributed by atoms with Crippen molar-refractivity contribution >= 4 is 51.3 Å². The predicted octanol–water partition coefficient (Wildman–Crippen LogP) is 8.55. The minimum absolute atomic E-state index is 0.00519. The van der Waals surface area contributed by atoms with Gasteiger partial charge in [-0.25, -0.2) is 9.78 Å². The average Bonchev–Trinajstić information content (AvgIpc) is 1.69. The number of unbranched alkanes of at least 4 members (excludes halogenated alkanes) is 1. The zero-order valence-electron chi connectivity index (χ0n) is 51.2. The Morgan fingerprint density at radius 3 is 2.16 bits per heavy atom. The number of hydrogen-bond donors (Lipinski definition) is 10. The summed E-state index contributed by atoms with van der Waals surface area (Å²) in [5.74, 6) is -1.88. The molecule has 12 unspecified atom stereocenters. The van der Waals surface area contributed by atoms with Gasteiger partial charge in [0.15, 0.2) is 0 Å². The number of benzene rings is 2. The number of alkyl carbamates (subject to hydrolysis) is 1. The largest absolute Gasteiger partial charge is 0.444 e. The molecule has 10 N–H and O–H groups in total. The van der Waals surface area contributed by atoms with Crippen LogP contribution in [0.15, 0.2) is 103 Å². The number of pyridine rings is 2. The van der Waals surface area contributed by atoms with Gasteiger partial charge in [-0.05, 0) is 179 Å². The first-order valence-electron chi connectivity index (χ1n) is 31.2. The van der Waals surface area contributed by atoms with Crippen molar-refractivity contribution in [2.24, 2.45) is 46.3 Å². The molecular formula is C66H92N8O12S. The van der Waals surface area contributed by atoms with Gasteiger partial charge < -0.3 is 52.0 Å². The van der Waals surface area contributed by atoms with Gasteiger partial charge in [0.1, 0.15) is 17.5 Å². The molecule has 15 atom stereocenters. The van der Waals surface area contributed by atoms with Gasteiger partial charge >= 0.3 is 6.09 Å². The van der Waals surface area contributed by atoms with E-state index in [2.05, 4.69) is 57.7 Å². The summed E-state index contributed by atoms with van der Waals surface area (Å²) in [7, 11) is -4.19. The molecule has 4 aromatic rings. The highest BCUT2D eigenvalue weighted by Crippen LogP contribution is 2.68. The number of carbonyl (C=O) groups excluding carboxylic acids is 5. The minimum Gasteiger partial charge on any atom is -0.444 e. The Labute approximate surface area is 512 Å². The summed E-state index contributed by atoms with van der Waals surface area (Å²) in [4.78, 5) is 76.8. The summed E-state index contributed by atoms with van der Waals surface area (Å²) in [6, 6.07) is 25.5. The zero-order valence-corrected chi connectivity index (χ0v) is 52.0. The van der Waals surface area contributed by atoms with Gasteiger partial charge in [-0.2, -0.15) is 8.42 Å². The molecule has 0 bridgehead atoms. The second-order valence-electron chi connectivity index (χ2n) is 26.4. The summed E-state index contributed by atoms with van der Waals surface area (Å²) in [6.07, 6.45) is 7.02. The third kappa shape index (κ3) is 17.0. The number of nitrogens with zero attached hydrogens (tertiary/aromatic N) is 2. The van der Waals surface area contributed by atoms with Crippen LogP contribution >= 0.6 is 0 Å². The number of fused-ring (bicyclic) bond motifs is 5. The van der Waals surface area contributed by atoms with Crippen molar-refractivity contribution in [3.8, 4) is 0 Å². The van der Waals surface area contributed by atoms with Gasteiger partial charge in [0.05, 0.1) is 36.0 Å². The molecule has 0 spiro atoms. The van der Waals surface area contributed by atoms with Gasteiger partial charge in [-0.1, -0.05) is 81.4 Å². The molecule has 2 aromatic carbocycles. The lowest BCUT2D eigenvalue weighted by molar-refractivity contribution is -0.202. The highest BCUT2D eigenvalue weighted by Gasteiger charge is 2.66. The van der Waals surface area contributed by atoms with Crippen LogP contribution in [0.5, 0.6) is 0 Å². The number of rotatable bonds is 26. The van der Waals surface area contributed by atoms with E-state index in [4.69, 9.17) is 14.3 Å². The van der Waals surface area contributed by atoms with Gasteiger partial charge in [0.2, 0.25) is 23.6 Å². The van der Waals surface area contributed by atoms with Crippen molar-refractivity contribution in [3.05, 3.63) is 120 Å². The van der Waals surface area contributed by atoms with Crippen molar-refractivity contribution in [2.75, 3.05) is 29.5 Å². The molecule has 4 saturated carbocycles. The number of aromatic nitrogens is 2. The maximum atomic E-state index is 14.7. The van der Waals surface area contributed by atoms with Crippen molar-refractivity contribution in [1.82, 2.24) is 31.2 Å². The molecule has 0 radical (unpaired) electrons. The van der Waals surface area contributed by atoms with Crippen molar-refractivity contribution < 1.29 is 57.0 Å². The van der Waals surface area contributed by atoms with E-state index in [1.807, 2.05) is 66.7 Å². The third-order valence-electron chi connectivity index (χ3n) is 19.6. The predicted molar refractivity (Wildman–Crippen MR) is 331 cm³/mol. The van der Waals surface area contributed by atoms with Crippen LogP contribution in [0.1, 0.15) is 166 Å². The number of aliphatic hydroxyl groups excluding tert-OH is 3. The smallest absolute Gasteiger partial charge is 0.407 e. The van der Waals surface area contributed by atoms with Crippen LogP contribution in [0.25, 0.3) is 0 Å². The normalized spacial score (nSPS) is 26.8. The quantitative estimate of drug-likeness (QED) is 0.0208. The molecule has 4 aliphatic rings. The summed E-state index contributed by atoms with van der Waals surface area (Å²) in [5.41, 5.74) is 0.951. The van der Waals surface area contributed by atoms with Crippen LogP contribution in [0.3, 0.4) is 0 Å². The van der Waals surface area contributed by atoms with Crippen LogP contribution in [-0.4, -0.2) is 117 Å². The molecule has 5 amide bonds. The van der Waals surface area contributed by atoms with Gasteiger partial charge in [0, 0.05) is 62.2 Å². The minimum atomic E-state index is -4.19. The van der Waals surface area contributed by atoms with E-state index in [0.717, 1.165) is 19.3 Å². The number of para-hydroxylation sites is 1. The first-order valence-corrected chi connectivity index (χ1v) is 32.8. The lowest BCUT2D eigenvalue weighted by Crippen LogP contribution is -2.63. The van der Waals surface area contributed by atoms with Crippen molar-refractivity contribution in [2.45, 2.75) is 179 Å². The fourth-order valence-corrected chi connectivity index (χ4v) is 15.7. The first-order chi connectivity index (χ1) is 41.3. The van der Waals surface area contributed by atoms with Crippen LogP contribution < -0.4 is 31.9 Å². The number of carbonyl (C=O) groups is 5. The molecule has 2 heterocycles. The Balaban J connectivity index is 0.910. The number of amides is 5. The number of nitrogens with one attached hydrogen (secondary N) is 6. The highest BCUT2D eigenvalue weighted by molar-refractivity contribution is 7.85. The van der Waals surface area contributed by atoms with E-state index < -0.39 is 81.1 Å². The van der Waals surface area contributed by atoms with Crippen LogP contribution in [0.2, 0.25) is 0 Å². The van der Waals surface area contributed by atoms with E-state index >= 15 is 0 Å². The van der Waals surface area contributed by atoms with Crippen molar-refractivity contribution in [3.63, 3.8) is 0 Å². The fraction of sp³-hybridized carbons (Fsp3) is 0.591. The Morgan fingerprint density at radius 2 is 1.46 bits per heavy atom. The number of aliphatic hydroxyl groups is 3. The standard InChI is InChI=1S/C66H92N8O12S/c1-41(25-28-55(77)69-36-37-87(83,84)85)46-26-27-47-58-48(40-53(76)66(46,47)6)65(5)32-31-44(38-43(65)39-52(58)75)71-56(78)29-30-57(79)72-51(23-13-16-35-70-63(82)86-64(2,3)4)62(81)73-49-21-11-10-20-45(49)60(74-54-24-14-17-34-68-54)59(50-22-12-15-33-67-50)61(80)42-18-8-7-9-19-42/h7-12,14-15,17-22,24,33-34,41,43-44,46-48,51-53,58-61,75-76,80H,13,16,23,25-32,35-40H2,1-6H3,(H,68,74)(H,69,77)(H,70,82)(H,71,78)(H,72,79)(H,73,81)(H,83,84,85)/t41?,43?,44?,46?,47?,48?,51?,52?,53-,58?,59?,60?,61?,65-,66+/m0/s1.